The lowest BCUT2D eigenvalue weighted by atomic mass is 9.62. The summed E-state index contributed by atoms with van der Waals surface area (Å²) >= 11 is 0. The van der Waals surface area contributed by atoms with E-state index in [1.165, 1.54) is 19.1 Å². The molecule has 6 heteroatoms. The minimum absolute atomic E-state index is 0.0670. The van der Waals surface area contributed by atoms with Crippen molar-refractivity contribution >= 4 is 11.9 Å². The number of rotatable bonds is 4. The molecule has 0 amide bonds. The fourth-order valence-electron chi connectivity index (χ4n) is 3.62. The fourth-order valence-corrected chi connectivity index (χ4v) is 3.62. The maximum absolute atomic E-state index is 11.7. The van der Waals surface area contributed by atoms with Crippen LogP contribution in [0.25, 0.3) is 11.1 Å². The number of methoxy groups -OCH3 is 1. The highest BCUT2D eigenvalue weighted by atomic mass is 16.5. The Bertz CT molecular complexity index is 925. The highest BCUT2D eigenvalue weighted by Gasteiger charge is 2.41. The molecule has 0 spiro atoms. The fraction of sp³-hybridized carbons (Fsp3) is 0.250. The molecule has 3 N–H and O–H groups in total. The standard InChI is InChI=1S/C20H20N4O2/c1-26-18(25)16-7-8-17(24-16)20(9-2-10-20)15-5-3-13(4-6-15)14-11-22-19(21)23-12-14/h3-8,11-12,24H,2,9-10H2,1H3,(H2,21,22,23). The third-order valence-electron chi connectivity index (χ3n) is 5.26. The molecule has 2 heterocycles. The summed E-state index contributed by atoms with van der Waals surface area (Å²) in [5.74, 6) is -0.0728. The predicted octanol–water partition coefficient (Wildman–Crippen LogP) is 3.31. The van der Waals surface area contributed by atoms with Gasteiger partial charge in [0.1, 0.15) is 5.69 Å². The van der Waals surface area contributed by atoms with E-state index in [0.29, 0.717) is 5.69 Å². The van der Waals surface area contributed by atoms with Gasteiger partial charge in [0.15, 0.2) is 0 Å². The van der Waals surface area contributed by atoms with Gasteiger partial charge in [0, 0.05) is 29.1 Å². The minimum Gasteiger partial charge on any atom is -0.464 e. The molecule has 0 aliphatic heterocycles. The van der Waals surface area contributed by atoms with Gasteiger partial charge >= 0.3 is 5.97 Å². The predicted molar refractivity (Wildman–Crippen MR) is 98.6 cm³/mol. The zero-order valence-electron chi connectivity index (χ0n) is 14.5. The Morgan fingerprint density at radius 3 is 2.35 bits per heavy atom. The van der Waals surface area contributed by atoms with E-state index in [2.05, 4.69) is 39.2 Å². The summed E-state index contributed by atoms with van der Waals surface area (Å²) in [5, 5.41) is 0. The molecular formula is C20H20N4O2. The summed E-state index contributed by atoms with van der Waals surface area (Å²) in [5.41, 5.74) is 10.3. The van der Waals surface area contributed by atoms with Gasteiger partial charge in [-0.3, -0.25) is 0 Å². The van der Waals surface area contributed by atoms with Crippen molar-refractivity contribution in [3.63, 3.8) is 0 Å². The van der Waals surface area contributed by atoms with E-state index in [4.69, 9.17) is 10.5 Å². The molecule has 0 radical (unpaired) electrons. The number of esters is 1. The van der Waals surface area contributed by atoms with E-state index in [1.54, 1.807) is 18.5 Å². The van der Waals surface area contributed by atoms with E-state index >= 15 is 0 Å². The van der Waals surface area contributed by atoms with Gasteiger partial charge in [0.2, 0.25) is 5.95 Å². The largest absolute Gasteiger partial charge is 0.464 e. The van der Waals surface area contributed by atoms with Crippen LogP contribution in [-0.2, 0) is 10.2 Å². The highest BCUT2D eigenvalue weighted by Crippen LogP contribution is 2.48. The molecule has 132 valence electrons. The first kappa shape index (κ1) is 16.3. The molecule has 0 saturated heterocycles. The van der Waals surface area contributed by atoms with Crippen molar-refractivity contribution in [2.45, 2.75) is 24.7 Å². The number of aromatic nitrogens is 3. The van der Waals surface area contributed by atoms with Crippen molar-refractivity contribution in [2.75, 3.05) is 12.8 Å². The number of nitrogens with zero attached hydrogens (tertiary/aromatic N) is 2. The third-order valence-corrected chi connectivity index (χ3v) is 5.26. The van der Waals surface area contributed by atoms with Crippen LogP contribution < -0.4 is 5.73 Å². The number of carbonyl (C=O) groups excluding carboxylic acids is 1. The lowest BCUT2D eigenvalue weighted by Crippen LogP contribution is -2.35. The highest BCUT2D eigenvalue weighted by molar-refractivity contribution is 5.87. The first-order valence-corrected chi connectivity index (χ1v) is 8.59. The van der Waals surface area contributed by atoms with Gasteiger partial charge in [-0.05, 0) is 36.1 Å². The van der Waals surface area contributed by atoms with E-state index in [1.807, 2.05) is 6.07 Å². The van der Waals surface area contributed by atoms with Gasteiger partial charge < -0.3 is 15.5 Å². The smallest absolute Gasteiger partial charge is 0.354 e. The van der Waals surface area contributed by atoms with Crippen molar-refractivity contribution in [3.05, 3.63) is 65.7 Å². The molecule has 0 bridgehead atoms. The molecule has 1 aromatic carbocycles. The Hall–Kier alpha value is -3.15. The second kappa shape index (κ2) is 6.29. The molecular weight excluding hydrogens is 328 g/mol. The number of hydrogen-bond donors (Lipinski definition) is 2. The van der Waals surface area contributed by atoms with Crippen LogP contribution in [0.5, 0.6) is 0 Å². The molecule has 2 aromatic heterocycles. The molecule has 3 aromatic rings. The number of aromatic amines is 1. The zero-order chi connectivity index (χ0) is 18.1. The quantitative estimate of drug-likeness (QED) is 0.706. The number of H-pyrrole nitrogens is 1. The second-order valence-corrected chi connectivity index (χ2v) is 6.62. The summed E-state index contributed by atoms with van der Waals surface area (Å²) in [6, 6.07) is 12.2. The molecule has 1 fully saturated rings. The van der Waals surface area contributed by atoms with Crippen LogP contribution in [0, 0.1) is 0 Å². The maximum Gasteiger partial charge on any atom is 0.354 e. The van der Waals surface area contributed by atoms with Crippen LogP contribution >= 0.6 is 0 Å². The van der Waals surface area contributed by atoms with Crippen LogP contribution in [0.2, 0.25) is 0 Å². The van der Waals surface area contributed by atoms with Gasteiger partial charge in [-0.25, -0.2) is 14.8 Å². The molecule has 1 aliphatic rings. The lowest BCUT2D eigenvalue weighted by Gasteiger charge is -2.42. The number of nitrogens with one attached hydrogen (secondary N) is 1. The third kappa shape index (κ3) is 2.63. The number of hydrogen-bond acceptors (Lipinski definition) is 5. The Kier molecular flexibility index (Phi) is 3.95. The number of nitrogen functional groups attached to an aromatic ring is 1. The maximum atomic E-state index is 11.7. The minimum atomic E-state index is -0.343. The van der Waals surface area contributed by atoms with E-state index < -0.39 is 0 Å². The number of ether oxygens (including phenoxy) is 1. The first-order valence-electron chi connectivity index (χ1n) is 8.59. The first-order chi connectivity index (χ1) is 12.6. The van der Waals surface area contributed by atoms with Gasteiger partial charge in [-0.2, -0.15) is 0 Å². The number of anilines is 1. The van der Waals surface area contributed by atoms with Gasteiger partial charge in [-0.1, -0.05) is 30.7 Å². The molecule has 1 aliphatic carbocycles. The Labute approximate surface area is 151 Å². The Balaban J connectivity index is 1.65. The molecule has 26 heavy (non-hydrogen) atoms. The average Bonchev–Trinajstić information content (AvgIpc) is 3.12. The lowest BCUT2D eigenvalue weighted by molar-refractivity contribution is 0.0594. The molecule has 4 rings (SSSR count). The van der Waals surface area contributed by atoms with E-state index in [0.717, 1.165) is 29.7 Å². The normalized spacial score (nSPS) is 15.3. The zero-order valence-corrected chi connectivity index (χ0v) is 14.5. The van der Waals surface area contributed by atoms with E-state index in [9.17, 15) is 4.79 Å². The van der Waals surface area contributed by atoms with Crippen molar-refractivity contribution in [3.8, 4) is 11.1 Å². The summed E-state index contributed by atoms with van der Waals surface area (Å²) < 4.78 is 4.80. The Morgan fingerprint density at radius 2 is 1.77 bits per heavy atom. The van der Waals surface area contributed by atoms with Gasteiger partial charge in [0.05, 0.1) is 7.11 Å². The second-order valence-electron chi connectivity index (χ2n) is 6.62. The van der Waals surface area contributed by atoms with Crippen molar-refractivity contribution < 1.29 is 9.53 Å². The average molecular weight is 348 g/mol. The SMILES string of the molecule is COC(=O)c1ccc(C2(c3ccc(-c4cnc(N)nc4)cc3)CCC2)[nH]1. The topological polar surface area (TPSA) is 93.9 Å². The number of benzene rings is 1. The summed E-state index contributed by atoms with van der Waals surface area (Å²) in [4.78, 5) is 23.1. The van der Waals surface area contributed by atoms with E-state index in [-0.39, 0.29) is 17.3 Å². The number of carbonyl (C=O) groups is 1. The van der Waals surface area contributed by atoms with Gasteiger partial charge in [-0.15, -0.1) is 0 Å². The van der Waals surface area contributed by atoms with Crippen molar-refractivity contribution in [2.24, 2.45) is 0 Å². The van der Waals surface area contributed by atoms with Crippen molar-refractivity contribution in [1.82, 2.24) is 15.0 Å². The van der Waals surface area contributed by atoms with Crippen molar-refractivity contribution in [1.29, 1.82) is 0 Å². The summed E-state index contributed by atoms with van der Waals surface area (Å²) in [7, 11) is 1.39. The van der Waals surface area contributed by atoms with Crippen LogP contribution in [0.15, 0.2) is 48.8 Å². The molecule has 1 saturated carbocycles. The Morgan fingerprint density at radius 1 is 1.08 bits per heavy atom. The summed E-state index contributed by atoms with van der Waals surface area (Å²) in [6.07, 6.45) is 6.73. The molecule has 0 atom stereocenters. The number of nitrogens with two attached hydrogens (primary N) is 1. The molecule has 0 unspecified atom stereocenters. The van der Waals surface area contributed by atoms with Crippen LogP contribution in [0.3, 0.4) is 0 Å². The van der Waals surface area contributed by atoms with Crippen LogP contribution in [0.4, 0.5) is 5.95 Å². The van der Waals surface area contributed by atoms with Crippen LogP contribution in [-0.4, -0.2) is 28.0 Å². The summed E-state index contributed by atoms with van der Waals surface area (Å²) in [6.45, 7) is 0. The van der Waals surface area contributed by atoms with Crippen LogP contribution in [0.1, 0.15) is 41.0 Å². The van der Waals surface area contributed by atoms with Gasteiger partial charge in [0.25, 0.3) is 0 Å². The monoisotopic (exact) mass is 348 g/mol. The molecule has 6 nitrogen and oxygen atoms in total.